The van der Waals surface area contributed by atoms with Gasteiger partial charge in [0.15, 0.2) is 0 Å². The Morgan fingerprint density at radius 3 is 2.40 bits per heavy atom. The average Bonchev–Trinajstić information content (AvgIpc) is 2.87. The van der Waals surface area contributed by atoms with Gasteiger partial charge in [-0.3, -0.25) is 0 Å². The highest BCUT2D eigenvalue weighted by atomic mass is 32.1. The zero-order chi connectivity index (χ0) is 14.8. The number of aryl methyl sites for hydroxylation is 1. The van der Waals surface area contributed by atoms with Crippen LogP contribution in [0.4, 0.5) is 5.69 Å². The van der Waals surface area contributed by atoms with Crippen LogP contribution in [0.3, 0.4) is 0 Å². The quantitative estimate of drug-likeness (QED) is 0.898. The highest BCUT2D eigenvalue weighted by molar-refractivity contribution is 7.09. The minimum atomic E-state index is -0.162. The molecular weight excluding hydrogens is 268 g/mol. The molecule has 1 atom stereocenters. The van der Waals surface area contributed by atoms with Crippen molar-refractivity contribution in [3.63, 3.8) is 0 Å². The number of anilines is 1. The van der Waals surface area contributed by atoms with Crippen molar-refractivity contribution >= 4 is 17.0 Å². The Hall–Kier alpha value is -1.39. The summed E-state index contributed by atoms with van der Waals surface area (Å²) in [5, 5.41) is 16.1. The standard InChI is InChI=1S/C16H22N2OS/c1-11-5-7-12(8-6-11)17-13(9-19)14-10-20-15(18-14)16(2,3)4/h5-8,10,13,17,19H,9H2,1-4H3. The first kappa shape index (κ1) is 15.0. The van der Waals surface area contributed by atoms with Crippen LogP contribution in [0.15, 0.2) is 29.6 Å². The largest absolute Gasteiger partial charge is 0.394 e. The minimum Gasteiger partial charge on any atom is -0.394 e. The summed E-state index contributed by atoms with van der Waals surface area (Å²) < 4.78 is 0. The Balaban J connectivity index is 2.16. The maximum Gasteiger partial charge on any atom is 0.0982 e. The first-order chi connectivity index (χ1) is 9.40. The van der Waals surface area contributed by atoms with Gasteiger partial charge in [0.1, 0.15) is 0 Å². The summed E-state index contributed by atoms with van der Waals surface area (Å²) in [5.74, 6) is 0. The van der Waals surface area contributed by atoms with Gasteiger partial charge >= 0.3 is 0 Å². The fourth-order valence-electron chi connectivity index (χ4n) is 1.85. The number of thiazole rings is 1. The van der Waals surface area contributed by atoms with Crippen LogP contribution >= 0.6 is 11.3 Å². The van der Waals surface area contributed by atoms with E-state index in [1.807, 2.05) is 17.5 Å². The third-order valence-electron chi connectivity index (χ3n) is 3.10. The van der Waals surface area contributed by atoms with Crippen LogP contribution in [-0.4, -0.2) is 16.7 Å². The summed E-state index contributed by atoms with van der Waals surface area (Å²) >= 11 is 1.65. The van der Waals surface area contributed by atoms with E-state index in [2.05, 4.69) is 50.1 Å². The molecular formula is C16H22N2OS. The molecule has 1 aromatic carbocycles. The van der Waals surface area contributed by atoms with Crippen molar-refractivity contribution in [3.05, 3.63) is 45.9 Å². The van der Waals surface area contributed by atoms with Gasteiger partial charge in [0, 0.05) is 16.5 Å². The van der Waals surface area contributed by atoms with Gasteiger partial charge in [-0.05, 0) is 19.1 Å². The molecule has 20 heavy (non-hydrogen) atoms. The highest BCUT2D eigenvalue weighted by Crippen LogP contribution is 2.28. The Morgan fingerprint density at radius 2 is 1.90 bits per heavy atom. The molecule has 0 bridgehead atoms. The van der Waals surface area contributed by atoms with Gasteiger partial charge < -0.3 is 10.4 Å². The van der Waals surface area contributed by atoms with E-state index >= 15 is 0 Å². The highest BCUT2D eigenvalue weighted by Gasteiger charge is 2.21. The Bertz CT molecular complexity index is 555. The van der Waals surface area contributed by atoms with Crippen LogP contribution in [0.1, 0.15) is 43.1 Å². The number of aromatic nitrogens is 1. The van der Waals surface area contributed by atoms with E-state index in [1.165, 1.54) is 5.56 Å². The van der Waals surface area contributed by atoms with Crippen molar-refractivity contribution in [1.29, 1.82) is 0 Å². The molecule has 2 N–H and O–H groups in total. The van der Waals surface area contributed by atoms with Crippen molar-refractivity contribution in [2.45, 2.75) is 39.2 Å². The molecule has 1 aromatic heterocycles. The number of rotatable bonds is 4. The zero-order valence-electron chi connectivity index (χ0n) is 12.5. The molecule has 2 rings (SSSR count). The summed E-state index contributed by atoms with van der Waals surface area (Å²) in [4.78, 5) is 4.66. The predicted molar refractivity (Wildman–Crippen MR) is 85.4 cm³/mol. The van der Waals surface area contributed by atoms with E-state index in [4.69, 9.17) is 0 Å². The number of hydrogen-bond acceptors (Lipinski definition) is 4. The normalized spacial score (nSPS) is 13.2. The van der Waals surface area contributed by atoms with E-state index in [-0.39, 0.29) is 18.1 Å². The molecule has 0 radical (unpaired) electrons. The van der Waals surface area contributed by atoms with Crippen LogP contribution in [0, 0.1) is 6.92 Å². The summed E-state index contributed by atoms with van der Waals surface area (Å²) in [6.07, 6.45) is 0. The first-order valence-electron chi connectivity index (χ1n) is 6.80. The van der Waals surface area contributed by atoms with Crippen molar-refractivity contribution in [1.82, 2.24) is 4.98 Å². The monoisotopic (exact) mass is 290 g/mol. The molecule has 1 heterocycles. The lowest BCUT2D eigenvalue weighted by atomic mass is 9.98. The third-order valence-corrected chi connectivity index (χ3v) is 4.38. The summed E-state index contributed by atoms with van der Waals surface area (Å²) in [6, 6.07) is 7.99. The molecule has 0 aliphatic heterocycles. The fourth-order valence-corrected chi connectivity index (χ4v) is 2.82. The zero-order valence-corrected chi connectivity index (χ0v) is 13.3. The van der Waals surface area contributed by atoms with Gasteiger partial charge in [-0.25, -0.2) is 4.98 Å². The lowest BCUT2D eigenvalue weighted by molar-refractivity contribution is 0.274. The molecule has 2 aromatic rings. The number of nitrogens with one attached hydrogen (secondary N) is 1. The van der Waals surface area contributed by atoms with E-state index in [0.717, 1.165) is 16.4 Å². The molecule has 0 saturated heterocycles. The number of aliphatic hydroxyl groups is 1. The lowest BCUT2D eigenvalue weighted by Gasteiger charge is -2.17. The molecule has 4 heteroatoms. The molecule has 0 aliphatic carbocycles. The average molecular weight is 290 g/mol. The van der Waals surface area contributed by atoms with Crippen LogP contribution in [-0.2, 0) is 5.41 Å². The Morgan fingerprint density at radius 1 is 1.25 bits per heavy atom. The topological polar surface area (TPSA) is 45.1 Å². The van der Waals surface area contributed by atoms with Crippen LogP contribution in [0.2, 0.25) is 0 Å². The first-order valence-corrected chi connectivity index (χ1v) is 7.68. The van der Waals surface area contributed by atoms with Gasteiger partial charge in [-0.15, -0.1) is 11.3 Å². The molecule has 0 spiro atoms. The van der Waals surface area contributed by atoms with Gasteiger partial charge in [-0.2, -0.15) is 0 Å². The van der Waals surface area contributed by atoms with Crippen LogP contribution < -0.4 is 5.32 Å². The summed E-state index contributed by atoms with van der Waals surface area (Å²) in [5.41, 5.74) is 3.18. The second-order valence-corrected chi connectivity index (χ2v) is 6.93. The number of hydrogen-bond donors (Lipinski definition) is 2. The molecule has 0 saturated carbocycles. The molecule has 0 fully saturated rings. The molecule has 108 valence electrons. The van der Waals surface area contributed by atoms with Crippen molar-refractivity contribution in [2.24, 2.45) is 0 Å². The van der Waals surface area contributed by atoms with Crippen molar-refractivity contribution in [3.8, 4) is 0 Å². The number of aliphatic hydroxyl groups excluding tert-OH is 1. The fraction of sp³-hybridized carbons (Fsp3) is 0.438. The van der Waals surface area contributed by atoms with Gasteiger partial charge in [0.25, 0.3) is 0 Å². The predicted octanol–water partition coefficient (Wildman–Crippen LogP) is 3.89. The number of nitrogens with zero attached hydrogens (tertiary/aromatic N) is 1. The third kappa shape index (κ3) is 3.58. The lowest BCUT2D eigenvalue weighted by Crippen LogP contribution is -2.16. The SMILES string of the molecule is Cc1ccc(NC(CO)c2csc(C(C)(C)C)n2)cc1. The molecule has 0 amide bonds. The second-order valence-electron chi connectivity index (χ2n) is 6.07. The molecule has 1 unspecified atom stereocenters. The van der Waals surface area contributed by atoms with Gasteiger partial charge in [-0.1, -0.05) is 38.5 Å². The van der Waals surface area contributed by atoms with Crippen molar-refractivity contribution < 1.29 is 5.11 Å². The van der Waals surface area contributed by atoms with Gasteiger partial charge in [0.2, 0.25) is 0 Å². The van der Waals surface area contributed by atoms with Crippen LogP contribution in [0.5, 0.6) is 0 Å². The van der Waals surface area contributed by atoms with Gasteiger partial charge in [0.05, 0.1) is 23.4 Å². The maximum absolute atomic E-state index is 9.61. The Kier molecular flexibility index (Phi) is 4.45. The van der Waals surface area contributed by atoms with Crippen LogP contribution in [0.25, 0.3) is 0 Å². The smallest absolute Gasteiger partial charge is 0.0982 e. The van der Waals surface area contributed by atoms with E-state index < -0.39 is 0 Å². The van der Waals surface area contributed by atoms with Crippen molar-refractivity contribution in [2.75, 3.05) is 11.9 Å². The summed E-state index contributed by atoms with van der Waals surface area (Å²) in [6.45, 7) is 8.54. The maximum atomic E-state index is 9.61. The Labute approximate surface area is 124 Å². The van der Waals surface area contributed by atoms with E-state index in [9.17, 15) is 5.11 Å². The van der Waals surface area contributed by atoms with E-state index in [1.54, 1.807) is 11.3 Å². The molecule has 0 aliphatic rings. The second kappa shape index (κ2) is 5.94. The number of benzene rings is 1. The van der Waals surface area contributed by atoms with E-state index in [0.29, 0.717) is 0 Å². The summed E-state index contributed by atoms with van der Waals surface area (Å²) in [7, 11) is 0. The minimum absolute atomic E-state index is 0.0290. The molecule has 3 nitrogen and oxygen atoms in total.